The molecule has 2 aliphatic rings. The fourth-order valence-corrected chi connectivity index (χ4v) is 3.74. The summed E-state index contributed by atoms with van der Waals surface area (Å²) in [6.45, 7) is 0. The number of phenols is 1. The van der Waals surface area contributed by atoms with E-state index in [4.69, 9.17) is 0 Å². The number of nitrogens with one attached hydrogen (secondary N) is 1. The number of rotatable bonds is 2. The van der Waals surface area contributed by atoms with Crippen LogP contribution in [-0.2, 0) is 0 Å². The van der Waals surface area contributed by atoms with Gasteiger partial charge in [-0.3, -0.25) is 10.1 Å². The van der Waals surface area contributed by atoms with E-state index in [-0.39, 0.29) is 28.3 Å². The van der Waals surface area contributed by atoms with Crippen LogP contribution in [0.3, 0.4) is 0 Å². The van der Waals surface area contributed by atoms with Crippen LogP contribution in [0.1, 0.15) is 29.5 Å². The van der Waals surface area contributed by atoms with Gasteiger partial charge in [-0.05, 0) is 29.5 Å². The quantitative estimate of drug-likeness (QED) is 0.378. The lowest BCUT2D eigenvalue weighted by atomic mass is 9.77. The lowest BCUT2D eigenvalue weighted by Crippen LogP contribution is -2.29. The zero-order valence-electron chi connectivity index (χ0n) is 12.3. The van der Waals surface area contributed by atoms with Crippen molar-refractivity contribution >= 4 is 11.4 Å². The van der Waals surface area contributed by atoms with Crippen molar-refractivity contribution in [3.8, 4) is 5.75 Å². The van der Waals surface area contributed by atoms with Gasteiger partial charge in [0.1, 0.15) is 5.75 Å². The van der Waals surface area contributed by atoms with Crippen LogP contribution >= 0.6 is 0 Å². The monoisotopic (exact) mass is 308 g/mol. The molecular formula is C18H16N2O3. The molecule has 0 bridgehead atoms. The number of anilines is 1. The van der Waals surface area contributed by atoms with E-state index in [9.17, 15) is 15.2 Å². The first-order valence-corrected chi connectivity index (χ1v) is 7.64. The highest BCUT2D eigenvalue weighted by Gasteiger charge is 2.38. The molecule has 0 amide bonds. The van der Waals surface area contributed by atoms with Crippen LogP contribution in [0, 0.1) is 16.0 Å². The Morgan fingerprint density at radius 2 is 1.96 bits per heavy atom. The minimum absolute atomic E-state index is 0.0246. The normalized spacial score (nSPS) is 24.6. The minimum atomic E-state index is -0.390. The molecule has 116 valence electrons. The number of nitro groups is 1. The van der Waals surface area contributed by atoms with Crippen molar-refractivity contribution in [1.29, 1.82) is 0 Å². The molecule has 2 N–H and O–H groups in total. The number of fused-ring (bicyclic) bond motifs is 3. The van der Waals surface area contributed by atoms with Crippen LogP contribution in [-0.4, -0.2) is 10.0 Å². The molecule has 0 aromatic heterocycles. The Morgan fingerprint density at radius 3 is 2.70 bits per heavy atom. The van der Waals surface area contributed by atoms with Gasteiger partial charge in [-0.15, -0.1) is 0 Å². The molecule has 23 heavy (non-hydrogen) atoms. The number of non-ortho nitro benzene ring substituents is 1. The van der Waals surface area contributed by atoms with Crippen molar-refractivity contribution in [2.75, 3.05) is 5.32 Å². The molecule has 3 atom stereocenters. The van der Waals surface area contributed by atoms with E-state index in [1.165, 1.54) is 12.1 Å². The Morgan fingerprint density at radius 1 is 1.17 bits per heavy atom. The second-order valence-corrected chi connectivity index (χ2v) is 6.07. The molecule has 1 aliphatic carbocycles. The summed E-state index contributed by atoms with van der Waals surface area (Å²) < 4.78 is 0. The van der Waals surface area contributed by atoms with Crippen LogP contribution in [0.15, 0.2) is 54.6 Å². The third-order valence-corrected chi connectivity index (χ3v) is 4.84. The Kier molecular flexibility index (Phi) is 3.08. The number of hydrogen-bond acceptors (Lipinski definition) is 4. The molecule has 1 heterocycles. The zero-order chi connectivity index (χ0) is 16.0. The maximum atomic E-state index is 10.8. The summed E-state index contributed by atoms with van der Waals surface area (Å²) in [6.07, 6.45) is 5.32. The van der Waals surface area contributed by atoms with Gasteiger partial charge in [0.25, 0.3) is 5.69 Å². The summed E-state index contributed by atoms with van der Waals surface area (Å²) in [5, 5.41) is 24.5. The highest BCUT2D eigenvalue weighted by molar-refractivity contribution is 5.67. The third-order valence-electron chi connectivity index (χ3n) is 4.84. The summed E-state index contributed by atoms with van der Waals surface area (Å²) in [5.74, 6) is 0.859. The number of allylic oxidation sites excluding steroid dienone is 2. The first-order valence-electron chi connectivity index (χ1n) is 7.64. The fourth-order valence-electron chi connectivity index (χ4n) is 3.74. The maximum absolute atomic E-state index is 10.8. The smallest absolute Gasteiger partial charge is 0.269 e. The van der Waals surface area contributed by atoms with Gasteiger partial charge in [0.15, 0.2) is 0 Å². The summed E-state index contributed by atoms with van der Waals surface area (Å²) in [7, 11) is 0. The number of hydrogen-bond donors (Lipinski definition) is 2. The van der Waals surface area contributed by atoms with E-state index in [2.05, 4.69) is 17.5 Å². The number of nitrogens with zero attached hydrogens (tertiary/aromatic N) is 1. The van der Waals surface area contributed by atoms with Crippen LogP contribution in [0.5, 0.6) is 5.75 Å². The summed E-state index contributed by atoms with van der Waals surface area (Å²) >= 11 is 0. The third kappa shape index (κ3) is 2.16. The van der Waals surface area contributed by atoms with E-state index >= 15 is 0 Å². The SMILES string of the molecule is O=[N+]([O-])c1ccc([C@H]2Nc3c(O)cccc3[C@H]3C=CC[C@H]32)cc1. The van der Waals surface area contributed by atoms with Gasteiger partial charge in [-0.2, -0.15) is 0 Å². The van der Waals surface area contributed by atoms with Crippen molar-refractivity contribution in [2.45, 2.75) is 18.4 Å². The molecule has 0 spiro atoms. The average Bonchev–Trinajstić information content (AvgIpc) is 3.04. The van der Waals surface area contributed by atoms with E-state index in [0.717, 1.165) is 23.2 Å². The molecule has 0 saturated carbocycles. The molecule has 0 fully saturated rings. The molecular weight excluding hydrogens is 292 g/mol. The van der Waals surface area contributed by atoms with E-state index in [1.807, 2.05) is 12.1 Å². The Labute approximate surface area is 133 Å². The van der Waals surface area contributed by atoms with Crippen molar-refractivity contribution in [3.05, 3.63) is 75.9 Å². The molecule has 1 aliphatic heterocycles. The number of nitro benzene ring substituents is 1. The van der Waals surface area contributed by atoms with Crippen LogP contribution in [0.4, 0.5) is 11.4 Å². The van der Waals surface area contributed by atoms with Crippen molar-refractivity contribution in [2.24, 2.45) is 5.92 Å². The first-order chi connectivity index (χ1) is 11.1. The van der Waals surface area contributed by atoms with Crippen LogP contribution < -0.4 is 5.32 Å². The van der Waals surface area contributed by atoms with Crippen molar-refractivity contribution in [1.82, 2.24) is 0 Å². The fraction of sp³-hybridized carbons (Fsp3) is 0.222. The van der Waals surface area contributed by atoms with Gasteiger partial charge in [0.05, 0.1) is 16.7 Å². The molecule has 5 nitrogen and oxygen atoms in total. The number of aromatic hydroxyl groups is 1. The average molecular weight is 308 g/mol. The van der Waals surface area contributed by atoms with Gasteiger partial charge >= 0.3 is 0 Å². The topological polar surface area (TPSA) is 75.4 Å². The standard InChI is InChI=1S/C18H16N2O3/c21-16-6-2-5-15-13-3-1-4-14(13)17(19-18(15)16)11-7-9-12(10-8-11)20(22)23/h1-3,5-10,13-14,17,19,21H,4H2/t13-,14+,17+/m0/s1. The van der Waals surface area contributed by atoms with E-state index in [0.29, 0.717) is 5.92 Å². The van der Waals surface area contributed by atoms with Gasteiger partial charge in [0.2, 0.25) is 0 Å². The molecule has 0 unspecified atom stereocenters. The van der Waals surface area contributed by atoms with Crippen LogP contribution in [0.2, 0.25) is 0 Å². The Balaban J connectivity index is 1.75. The van der Waals surface area contributed by atoms with E-state index < -0.39 is 0 Å². The predicted molar refractivity (Wildman–Crippen MR) is 87.6 cm³/mol. The van der Waals surface area contributed by atoms with Gasteiger partial charge in [0, 0.05) is 18.1 Å². The Bertz CT molecular complexity index is 798. The number of phenolic OH excluding ortho intramolecular Hbond substituents is 1. The molecule has 4 rings (SSSR count). The molecule has 2 aromatic carbocycles. The van der Waals surface area contributed by atoms with Crippen LogP contribution in [0.25, 0.3) is 0 Å². The van der Waals surface area contributed by atoms with E-state index in [1.54, 1.807) is 18.2 Å². The van der Waals surface area contributed by atoms with Crippen molar-refractivity contribution < 1.29 is 10.0 Å². The lowest BCUT2D eigenvalue weighted by molar-refractivity contribution is -0.384. The van der Waals surface area contributed by atoms with Gasteiger partial charge < -0.3 is 10.4 Å². The largest absolute Gasteiger partial charge is 0.506 e. The molecule has 5 heteroatoms. The summed E-state index contributed by atoms with van der Waals surface area (Å²) in [5.41, 5.74) is 2.97. The highest BCUT2D eigenvalue weighted by atomic mass is 16.6. The molecule has 2 aromatic rings. The lowest BCUT2D eigenvalue weighted by Gasteiger charge is -2.37. The molecule has 0 radical (unpaired) electrons. The number of benzene rings is 2. The van der Waals surface area contributed by atoms with Crippen molar-refractivity contribution in [3.63, 3.8) is 0 Å². The maximum Gasteiger partial charge on any atom is 0.269 e. The zero-order valence-corrected chi connectivity index (χ0v) is 12.3. The molecule has 0 saturated heterocycles. The van der Waals surface area contributed by atoms with Gasteiger partial charge in [-0.25, -0.2) is 0 Å². The summed E-state index contributed by atoms with van der Waals surface area (Å²) in [4.78, 5) is 10.4. The second-order valence-electron chi connectivity index (χ2n) is 6.07. The predicted octanol–water partition coefficient (Wildman–Crippen LogP) is 4.13. The summed E-state index contributed by atoms with van der Waals surface area (Å²) in [6, 6.07) is 12.3. The van der Waals surface area contributed by atoms with Gasteiger partial charge in [-0.1, -0.05) is 36.4 Å². The minimum Gasteiger partial charge on any atom is -0.506 e. The highest BCUT2D eigenvalue weighted by Crippen LogP contribution is 2.51. The Hall–Kier alpha value is -2.82. The number of para-hydroxylation sites is 1. The first kappa shape index (κ1) is 13.8. The second kappa shape index (κ2) is 5.12.